The Balaban J connectivity index is 1.81. The minimum Gasteiger partial charge on any atom is -0.493 e. The molecule has 0 amide bonds. The monoisotopic (exact) mass is 272 g/mol. The van der Waals surface area contributed by atoms with E-state index in [2.05, 4.69) is 29.4 Å². The molecule has 1 aromatic heterocycles. The molecule has 2 heterocycles. The number of nitrogens with one attached hydrogen (secondary N) is 1. The fourth-order valence-electron chi connectivity index (χ4n) is 2.51. The predicted octanol–water partition coefficient (Wildman–Crippen LogP) is 3.72. The molecule has 1 N–H and O–H groups in total. The Kier molecular flexibility index (Phi) is 3.54. The molecule has 0 fully saturated rings. The van der Waals surface area contributed by atoms with Crippen molar-refractivity contribution in [2.75, 3.05) is 11.9 Å². The van der Waals surface area contributed by atoms with Crippen molar-refractivity contribution in [2.45, 2.75) is 25.8 Å². The molecule has 1 unspecified atom stereocenters. The van der Waals surface area contributed by atoms with Crippen LogP contribution in [0, 0.1) is 5.95 Å². The highest BCUT2D eigenvalue weighted by Gasteiger charge is 2.16. The third-order valence-corrected chi connectivity index (χ3v) is 3.59. The summed E-state index contributed by atoms with van der Waals surface area (Å²) in [4.78, 5) is 3.67. The van der Waals surface area contributed by atoms with E-state index in [4.69, 9.17) is 4.74 Å². The van der Waals surface area contributed by atoms with E-state index >= 15 is 0 Å². The van der Waals surface area contributed by atoms with Crippen LogP contribution < -0.4 is 10.1 Å². The molecular weight excluding hydrogens is 255 g/mol. The fraction of sp³-hybridized carbons (Fsp3) is 0.312. The molecule has 3 nitrogen and oxygen atoms in total. The zero-order valence-corrected chi connectivity index (χ0v) is 11.4. The second kappa shape index (κ2) is 5.49. The van der Waals surface area contributed by atoms with E-state index in [0.29, 0.717) is 0 Å². The van der Waals surface area contributed by atoms with Crippen LogP contribution >= 0.6 is 0 Å². The molecule has 0 bridgehead atoms. The van der Waals surface area contributed by atoms with Gasteiger partial charge in [-0.1, -0.05) is 13.0 Å². The molecule has 1 aromatic carbocycles. The number of hydrogen-bond acceptors (Lipinski definition) is 3. The van der Waals surface area contributed by atoms with Crippen molar-refractivity contribution >= 4 is 5.69 Å². The topological polar surface area (TPSA) is 34.2 Å². The van der Waals surface area contributed by atoms with Gasteiger partial charge in [0.15, 0.2) is 0 Å². The highest BCUT2D eigenvalue weighted by Crippen LogP contribution is 2.30. The highest BCUT2D eigenvalue weighted by atomic mass is 19.1. The van der Waals surface area contributed by atoms with Gasteiger partial charge in [0.1, 0.15) is 5.75 Å². The summed E-state index contributed by atoms with van der Waals surface area (Å²) in [6.07, 6.45) is 3.43. The number of pyridine rings is 1. The average Bonchev–Trinajstić information content (AvgIpc) is 2.94. The van der Waals surface area contributed by atoms with Crippen LogP contribution in [0.15, 0.2) is 36.5 Å². The first-order chi connectivity index (χ1) is 9.76. The van der Waals surface area contributed by atoms with Crippen LogP contribution in [0.4, 0.5) is 10.1 Å². The first kappa shape index (κ1) is 12.9. The fourth-order valence-corrected chi connectivity index (χ4v) is 2.51. The molecule has 104 valence electrons. The van der Waals surface area contributed by atoms with Crippen molar-refractivity contribution in [2.24, 2.45) is 0 Å². The summed E-state index contributed by atoms with van der Waals surface area (Å²) in [5, 5.41) is 3.39. The highest BCUT2D eigenvalue weighted by molar-refractivity contribution is 5.46. The summed E-state index contributed by atoms with van der Waals surface area (Å²) in [7, 11) is 0. The van der Waals surface area contributed by atoms with E-state index in [1.807, 2.05) is 6.07 Å². The van der Waals surface area contributed by atoms with E-state index in [9.17, 15) is 4.39 Å². The standard InChI is InChI=1S/C16H17FN2O/c1-2-14(19-13-4-6-16(17)18-10-13)11-3-5-15-12(9-11)7-8-20-15/h3-6,9-10,14,19H,2,7-8H2,1H3. The molecule has 1 atom stereocenters. The number of aromatic nitrogens is 1. The second-order valence-corrected chi connectivity index (χ2v) is 4.94. The number of hydrogen-bond donors (Lipinski definition) is 1. The van der Waals surface area contributed by atoms with Gasteiger partial charge in [0.25, 0.3) is 0 Å². The van der Waals surface area contributed by atoms with Crippen LogP contribution in [-0.2, 0) is 6.42 Å². The second-order valence-electron chi connectivity index (χ2n) is 4.94. The van der Waals surface area contributed by atoms with Gasteiger partial charge in [-0.25, -0.2) is 4.98 Å². The van der Waals surface area contributed by atoms with Crippen LogP contribution in [0.1, 0.15) is 30.5 Å². The van der Waals surface area contributed by atoms with Gasteiger partial charge in [0, 0.05) is 6.42 Å². The number of fused-ring (bicyclic) bond motifs is 1. The first-order valence-electron chi connectivity index (χ1n) is 6.90. The number of anilines is 1. The number of benzene rings is 1. The lowest BCUT2D eigenvalue weighted by Gasteiger charge is -2.19. The smallest absolute Gasteiger partial charge is 0.212 e. The molecule has 0 saturated carbocycles. The van der Waals surface area contributed by atoms with Gasteiger partial charge < -0.3 is 10.1 Å². The molecule has 3 rings (SSSR count). The zero-order valence-electron chi connectivity index (χ0n) is 11.4. The Hall–Kier alpha value is -2.10. The third-order valence-electron chi connectivity index (χ3n) is 3.59. The number of ether oxygens (including phenoxy) is 1. The molecule has 0 aliphatic carbocycles. The summed E-state index contributed by atoms with van der Waals surface area (Å²) in [5.74, 6) is 0.533. The minimum atomic E-state index is -0.460. The lowest BCUT2D eigenvalue weighted by atomic mass is 10.0. The first-order valence-corrected chi connectivity index (χ1v) is 6.90. The van der Waals surface area contributed by atoms with Gasteiger partial charge >= 0.3 is 0 Å². The Morgan fingerprint density at radius 3 is 3.00 bits per heavy atom. The summed E-state index contributed by atoms with van der Waals surface area (Å²) in [5.41, 5.74) is 3.32. The lowest BCUT2D eigenvalue weighted by molar-refractivity contribution is 0.357. The van der Waals surface area contributed by atoms with E-state index < -0.39 is 5.95 Å². The summed E-state index contributed by atoms with van der Waals surface area (Å²) < 4.78 is 18.4. The molecule has 1 aliphatic heterocycles. The Morgan fingerprint density at radius 1 is 1.35 bits per heavy atom. The molecule has 2 aromatic rings. The van der Waals surface area contributed by atoms with Crippen molar-refractivity contribution in [3.63, 3.8) is 0 Å². The van der Waals surface area contributed by atoms with Gasteiger partial charge in [0.05, 0.1) is 24.5 Å². The van der Waals surface area contributed by atoms with E-state index in [1.165, 1.54) is 23.4 Å². The van der Waals surface area contributed by atoms with Crippen LogP contribution in [-0.4, -0.2) is 11.6 Å². The minimum absolute atomic E-state index is 0.188. The van der Waals surface area contributed by atoms with Crippen LogP contribution in [0.2, 0.25) is 0 Å². The van der Waals surface area contributed by atoms with Gasteiger partial charge in [-0.05, 0) is 41.8 Å². The quantitative estimate of drug-likeness (QED) is 0.861. The van der Waals surface area contributed by atoms with Crippen molar-refractivity contribution in [3.05, 3.63) is 53.6 Å². The van der Waals surface area contributed by atoms with Crippen LogP contribution in [0.25, 0.3) is 0 Å². The SMILES string of the molecule is CCC(Nc1ccc(F)nc1)c1ccc2c(c1)CCO2. The molecule has 20 heavy (non-hydrogen) atoms. The molecular formula is C16H17FN2O. The van der Waals surface area contributed by atoms with Crippen molar-refractivity contribution < 1.29 is 9.13 Å². The molecule has 0 radical (unpaired) electrons. The maximum atomic E-state index is 12.8. The molecule has 0 saturated heterocycles. The normalized spacial score (nSPS) is 14.5. The van der Waals surface area contributed by atoms with Crippen molar-refractivity contribution in [3.8, 4) is 5.75 Å². The third kappa shape index (κ3) is 2.59. The van der Waals surface area contributed by atoms with E-state index in [1.54, 1.807) is 6.07 Å². The average molecular weight is 272 g/mol. The number of halogens is 1. The largest absolute Gasteiger partial charge is 0.493 e. The van der Waals surface area contributed by atoms with Gasteiger partial charge in [-0.15, -0.1) is 0 Å². The van der Waals surface area contributed by atoms with Crippen LogP contribution in [0.5, 0.6) is 5.75 Å². The summed E-state index contributed by atoms with van der Waals surface area (Å²) in [6, 6.07) is 9.58. The summed E-state index contributed by atoms with van der Waals surface area (Å²) >= 11 is 0. The Morgan fingerprint density at radius 2 is 2.25 bits per heavy atom. The van der Waals surface area contributed by atoms with Crippen molar-refractivity contribution in [1.82, 2.24) is 4.98 Å². The van der Waals surface area contributed by atoms with Crippen LogP contribution in [0.3, 0.4) is 0 Å². The Bertz CT molecular complexity index is 598. The van der Waals surface area contributed by atoms with Crippen molar-refractivity contribution in [1.29, 1.82) is 0 Å². The summed E-state index contributed by atoms with van der Waals surface area (Å²) in [6.45, 7) is 2.89. The molecule has 0 spiro atoms. The zero-order chi connectivity index (χ0) is 13.9. The predicted molar refractivity (Wildman–Crippen MR) is 76.5 cm³/mol. The lowest BCUT2D eigenvalue weighted by Crippen LogP contribution is -2.10. The van der Waals surface area contributed by atoms with E-state index in [-0.39, 0.29) is 6.04 Å². The maximum Gasteiger partial charge on any atom is 0.212 e. The van der Waals surface area contributed by atoms with Gasteiger partial charge in [-0.3, -0.25) is 0 Å². The van der Waals surface area contributed by atoms with Gasteiger partial charge in [-0.2, -0.15) is 4.39 Å². The van der Waals surface area contributed by atoms with Gasteiger partial charge in [0.2, 0.25) is 5.95 Å². The number of nitrogens with zero attached hydrogens (tertiary/aromatic N) is 1. The number of rotatable bonds is 4. The Labute approximate surface area is 117 Å². The maximum absolute atomic E-state index is 12.8. The van der Waals surface area contributed by atoms with E-state index in [0.717, 1.165) is 30.9 Å². The molecule has 1 aliphatic rings. The molecule has 4 heteroatoms.